The standard InChI is InChI=1S/C14H21NO/c1-4-5-10-15-13(3)11-16-14-8-6-12(2)7-9-14/h4,6-9,13,15H,1,5,10-11H2,2-3H3. The largest absolute Gasteiger partial charge is 0.492 e. The summed E-state index contributed by atoms with van der Waals surface area (Å²) < 4.78 is 5.67. The van der Waals surface area contributed by atoms with Gasteiger partial charge in [0.05, 0.1) is 0 Å². The zero-order chi connectivity index (χ0) is 11.8. The first-order valence-corrected chi connectivity index (χ1v) is 5.76. The molecule has 1 N–H and O–H groups in total. The molecule has 2 heteroatoms. The van der Waals surface area contributed by atoms with Crippen molar-refractivity contribution in [1.29, 1.82) is 0 Å². The van der Waals surface area contributed by atoms with E-state index in [0.29, 0.717) is 12.6 Å². The number of aryl methyl sites for hydroxylation is 1. The molecule has 0 spiro atoms. The van der Waals surface area contributed by atoms with E-state index < -0.39 is 0 Å². The second kappa shape index (κ2) is 7.07. The Balaban J connectivity index is 2.23. The highest BCUT2D eigenvalue weighted by atomic mass is 16.5. The number of nitrogens with one attached hydrogen (secondary N) is 1. The minimum absolute atomic E-state index is 0.362. The lowest BCUT2D eigenvalue weighted by molar-refractivity contribution is 0.274. The second-order valence-corrected chi connectivity index (χ2v) is 4.06. The summed E-state index contributed by atoms with van der Waals surface area (Å²) >= 11 is 0. The zero-order valence-corrected chi connectivity index (χ0v) is 10.2. The van der Waals surface area contributed by atoms with E-state index in [0.717, 1.165) is 18.7 Å². The van der Waals surface area contributed by atoms with E-state index in [-0.39, 0.29) is 0 Å². The number of rotatable bonds is 7. The SMILES string of the molecule is C=CCCNC(C)COc1ccc(C)cc1. The molecule has 1 atom stereocenters. The molecule has 0 aliphatic rings. The molecule has 1 aromatic carbocycles. The molecule has 1 aromatic rings. The number of hydrogen-bond acceptors (Lipinski definition) is 2. The van der Waals surface area contributed by atoms with Crippen LogP contribution in [-0.2, 0) is 0 Å². The Morgan fingerprint density at radius 3 is 2.69 bits per heavy atom. The van der Waals surface area contributed by atoms with Crippen LogP contribution in [0.2, 0.25) is 0 Å². The van der Waals surface area contributed by atoms with Gasteiger partial charge in [-0.05, 0) is 38.9 Å². The molecule has 0 amide bonds. The van der Waals surface area contributed by atoms with Gasteiger partial charge in [0.1, 0.15) is 12.4 Å². The average Bonchev–Trinajstić information content (AvgIpc) is 2.29. The minimum atomic E-state index is 0.362. The molecular formula is C14H21NO. The molecule has 1 rings (SSSR count). The Kier molecular flexibility index (Phi) is 5.65. The molecule has 1 unspecified atom stereocenters. The summed E-state index contributed by atoms with van der Waals surface area (Å²) in [5.74, 6) is 0.933. The van der Waals surface area contributed by atoms with Gasteiger partial charge in [0.15, 0.2) is 0 Å². The normalized spacial score (nSPS) is 12.1. The lowest BCUT2D eigenvalue weighted by Gasteiger charge is -2.14. The fourth-order valence-electron chi connectivity index (χ4n) is 1.35. The van der Waals surface area contributed by atoms with Gasteiger partial charge >= 0.3 is 0 Å². The zero-order valence-electron chi connectivity index (χ0n) is 10.2. The van der Waals surface area contributed by atoms with Crippen LogP contribution < -0.4 is 10.1 Å². The summed E-state index contributed by atoms with van der Waals surface area (Å²) in [6.07, 6.45) is 2.91. The Bertz CT molecular complexity index is 305. The van der Waals surface area contributed by atoms with Crippen LogP contribution in [0.25, 0.3) is 0 Å². The van der Waals surface area contributed by atoms with Crippen molar-refractivity contribution >= 4 is 0 Å². The van der Waals surface area contributed by atoms with Gasteiger partial charge in [-0.3, -0.25) is 0 Å². The van der Waals surface area contributed by atoms with E-state index in [4.69, 9.17) is 4.74 Å². The van der Waals surface area contributed by atoms with Gasteiger partial charge in [-0.15, -0.1) is 6.58 Å². The molecular weight excluding hydrogens is 198 g/mol. The third-order valence-corrected chi connectivity index (χ3v) is 2.36. The molecule has 16 heavy (non-hydrogen) atoms. The Labute approximate surface area is 98.3 Å². The van der Waals surface area contributed by atoms with Crippen molar-refractivity contribution in [2.24, 2.45) is 0 Å². The fourth-order valence-corrected chi connectivity index (χ4v) is 1.35. The van der Waals surface area contributed by atoms with Crippen LogP contribution in [-0.4, -0.2) is 19.2 Å². The smallest absolute Gasteiger partial charge is 0.119 e. The fraction of sp³-hybridized carbons (Fsp3) is 0.429. The van der Waals surface area contributed by atoms with Gasteiger partial charge in [0.25, 0.3) is 0 Å². The lowest BCUT2D eigenvalue weighted by atomic mass is 10.2. The molecule has 0 aliphatic carbocycles. The van der Waals surface area contributed by atoms with Gasteiger partial charge in [-0.25, -0.2) is 0 Å². The third kappa shape index (κ3) is 4.99. The van der Waals surface area contributed by atoms with Crippen LogP contribution in [0, 0.1) is 6.92 Å². The quantitative estimate of drug-likeness (QED) is 0.562. The van der Waals surface area contributed by atoms with Gasteiger partial charge in [0.2, 0.25) is 0 Å². The van der Waals surface area contributed by atoms with Crippen LogP contribution in [0.4, 0.5) is 0 Å². The van der Waals surface area contributed by atoms with Crippen molar-refractivity contribution in [3.8, 4) is 5.75 Å². The monoisotopic (exact) mass is 219 g/mol. The topological polar surface area (TPSA) is 21.3 Å². The van der Waals surface area contributed by atoms with Gasteiger partial charge in [0, 0.05) is 6.04 Å². The average molecular weight is 219 g/mol. The lowest BCUT2D eigenvalue weighted by Crippen LogP contribution is -2.32. The first kappa shape index (κ1) is 12.8. The molecule has 0 saturated heterocycles. The van der Waals surface area contributed by atoms with Crippen LogP contribution in [0.15, 0.2) is 36.9 Å². The number of ether oxygens (including phenoxy) is 1. The van der Waals surface area contributed by atoms with Crippen LogP contribution >= 0.6 is 0 Å². The Morgan fingerprint density at radius 2 is 2.06 bits per heavy atom. The molecule has 0 fully saturated rings. The maximum Gasteiger partial charge on any atom is 0.119 e. The Morgan fingerprint density at radius 1 is 1.38 bits per heavy atom. The maximum atomic E-state index is 5.67. The van der Waals surface area contributed by atoms with E-state index in [2.05, 4.69) is 37.9 Å². The Hall–Kier alpha value is -1.28. The van der Waals surface area contributed by atoms with Crippen molar-refractivity contribution in [3.05, 3.63) is 42.5 Å². The third-order valence-electron chi connectivity index (χ3n) is 2.36. The summed E-state index contributed by atoms with van der Waals surface area (Å²) in [4.78, 5) is 0. The van der Waals surface area contributed by atoms with Crippen molar-refractivity contribution in [2.45, 2.75) is 26.3 Å². The number of benzene rings is 1. The second-order valence-electron chi connectivity index (χ2n) is 4.06. The molecule has 0 aliphatic heterocycles. The molecule has 0 saturated carbocycles. The maximum absolute atomic E-state index is 5.67. The first-order valence-electron chi connectivity index (χ1n) is 5.76. The van der Waals surface area contributed by atoms with Gasteiger partial charge in [-0.1, -0.05) is 23.8 Å². The van der Waals surface area contributed by atoms with Crippen LogP contribution in [0.1, 0.15) is 18.9 Å². The van der Waals surface area contributed by atoms with E-state index in [9.17, 15) is 0 Å². The van der Waals surface area contributed by atoms with Crippen LogP contribution in [0.3, 0.4) is 0 Å². The molecule has 2 nitrogen and oxygen atoms in total. The van der Waals surface area contributed by atoms with Crippen molar-refractivity contribution < 1.29 is 4.74 Å². The van der Waals surface area contributed by atoms with Crippen molar-refractivity contribution in [3.63, 3.8) is 0 Å². The van der Waals surface area contributed by atoms with E-state index in [1.54, 1.807) is 0 Å². The first-order chi connectivity index (χ1) is 7.72. The summed E-state index contributed by atoms with van der Waals surface area (Å²) in [7, 11) is 0. The van der Waals surface area contributed by atoms with E-state index in [1.165, 1.54) is 5.56 Å². The minimum Gasteiger partial charge on any atom is -0.492 e. The highest BCUT2D eigenvalue weighted by molar-refractivity contribution is 5.26. The van der Waals surface area contributed by atoms with Crippen molar-refractivity contribution in [2.75, 3.05) is 13.2 Å². The number of hydrogen-bond donors (Lipinski definition) is 1. The summed E-state index contributed by atoms with van der Waals surface area (Å²) in [6.45, 7) is 9.54. The van der Waals surface area contributed by atoms with Crippen molar-refractivity contribution in [1.82, 2.24) is 5.32 Å². The molecule has 0 heterocycles. The summed E-state index contributed by atoms with van der Waals surface area (Å²) in [5.41, 5.74) is 1.25. The van der Waals surface area contributed by atoms with Gasteiger partial charge in [-0.2, -0.15) is 0 Å². The van der Waals surface area contributed by atoms with Gasteiger partial charge < -0.3 is 10.1 Å². The predicted octanol–water partition coefficient (Wildman–Crippen LogP) is 2.93. The molecule has 0 bridgehead atoms. The predicted molar refractivity (Wildman–Crippen MR) is 69.0 cm³/mol. The van der Waals surface area contributed by atoms with E-state index >= 15 is 0 Å². The van der Waals surface area contributed by atoms with Crippen LogP contribution in [0.5, 0.6) is 5.75 Å². The molecule has 88 valence electrons. The highest BCUT2D eigenvalue weighted by Crippen LogP contribution is 2.11. The van der Waals surface area contributed by atoms with E-state index in [1.807, 2.05) is 18.2 Å². The molecule has 0 radical (unpaired) electrons. The highest BCUT2D eigenvalue weighted by Gasteiger charge is 2.01. The molecule has 0 aromatic heterocycles. The summed E-state index contributed by atoms with van der Waals surface area (Å²) in [6, 6.07) is 8.50. The summed E-state index contributed by atoms with van der Waals surface area (Å²) in [5, 5.41) is 3.37.